The molecule has 0 aliphatic carbocycles. The summed E-state index contributed by atoms with van der Waals surface area (Å²) in [5.41, 5.74) is 2.72. The van der Waals surface area contributed by atoms with Gasteiger partial charge < -0.3 is 10.2 Å². The van der Waals surface area contributed by atoms with Gasteiger partial charge in [0.1, 0.15) is 5.82 Å². The second-order valence-electron chi connectivity index (χ2n) is 4.63. The lowest BCUT2D eigenvalue weighted by Gasteiger charge is -2.20. The van der Waals surface area contributed by atoms with Crippen molar-refractivity contribution in [1.29, 1.82) is 0 Å². The molecular weight excluding hydrogens is 343 g/mol. The number of para-hydroxylation sites is 1. The Labute approximate surface area is 131 Å². The summed E-state index contributed by atoms with van der Waals surface area (Å²) in [5, 5.41) is 3.97. The van der Waals surface area contributed by atoms with Crippen LogP contribution in [-0.4, -0.2) is 14.1 Å². The van der Waals surface area contributed by atoms with Crippen LogP contribution in [0.2, 0.25) is 5.02 Å². The van der Waals surface area contributed by atoms with Crippen LogP contribution < -0.4 is 10.2 Å². The van der Waals surface area contributed by atoms with E-state index >= 15 is 0 Å². The molecule has 1 N–H and O–H groups in total. The predicted molar refractivity (Wildman–Crippen MR) is 87.2 cm³/mol. The molecule has 2 aromatic carbocycles. The third-order valence-electron chi connectivity index (χ3n) is 2.90. The monoisotopic (exact) mass is 356 g/mol. The first-order valence-corrected chi connectivity index (χ1v) is 7.30. The molecule has 106 valence electrons. The minimum atomic E-state index is -0.261. The maximum absolute atomic E-state index is 13.5. The van der Waals surface area contributed by atoms with Gasteiger partial charge >= 0.3 is 0 Å². The summed E-state index contributed by atoms with van der Waals surface area (Å²) in [7, 11) is 3.87. The Morgan fingerprint density at radius 2 is 2.00 bits per heavy atom. The number of anilines is 2. The van der Waals surface area contributed by atoms with Crippen molar-refractivity contribution in [2.45, 2.75) is 6.54 Å². The Morgan fingerprint density at radius 1 is 1.25 bits per heavy atom. The first-order chi connectivity index (χ1) is 9.49. The van der Waals surface area contributed by atoms with E-state index in [1.807, 2.05) is 43.3 Å². The molecule has 0 bridgehead atoms. The van der Waals surface area contributed by atoms with Crippen LogP contribution >= 0.6 is 27.5 Å². The minimum Gasteiger partial charge on any atom is -0.379 e. The van der Waals surface area contributed by atoms with Crippen LogP contribution in [0.5, 0.6) is 0 Å². The van der Waals surface area contributed by atoms with Crippen LogP contribution in [0.3, 0.4) is 0 Å². The largest absolute Gasteiger partial charge is 0.379 e. The van der Waals surface area contributed by atoms with Crippen LogP contribution in [0.4, 0.5) is 15.8 Å². The average molecular weight is 358 g/mol. The number of hydrogen-bond acceptors (Lipinski definition) is 2. The zero-order valence-corrected chi connectivity index (χ0v) is 13.6. The highest BCUT2D eigenvalue weighted by Crippen LogP contribution is 2.32. The van der Waals surface area contributed by atoms with Crippen molar-refractivity contribution >= 4 is 38.9 Å². The number of nitrogens with zero attached hydrogens (tertiary/aromatic N) is 1. The van der Waals surface area contributed by atoms with Gasteiger partial charge in [0.05, 0.1) is 20.9 Å². The van der Waals surface area contributed by atoms with E-state index in [9.17, 15) is 4.39 Å². The zero-order chi connectivity index (χ0) is 14.7. The molecule has 5 heteroatoms. The van der Waals surface area contributed by atoms with Crippen molar-refractivity contribution in [3.63, 3.8) is 0 Å². The normalized spacial score (nSPS) is 10.4. The molecule has 2 nitrogen and oxygen atoms in total. The van der Waals surface area contributed by atoms with E-state index in [1.165, 1.54) is 6.07 Å². The van der Waals surface area contributed by atoms with E-state index < -0.39 is 0 Å². The minimum absolute atomic E-state index is 0.261. The van der Waals surface area contributed by atoms with E-state index in [0.29, 0.717) is 16.0 Å². The molecule has 0 radical (unpaired) electrons. The van der Waals surface area contributed by atoms with Crippen LogP contribution in [0.1, 0.15) is 5.56 Å². The van der Waals surface area contributed by atoms with Gasteiger partial charge in [-0.1, -0.05) is 23.7 Å². The fourth-order valence-electron chi connectivity index (χ4n) is 1.96. The summed E-state index contributed by atoms with van der Waals surface area (Å²) in [4.78, 5) is 1.95. The molecule has 0 saturated carbocycles. The highest BCUT2D eigenvalue weighted by Gasteiger charge is 2.09. The van der Waals surface area contributed by atoms with E-state index in [2.05, 4.69) is 21.2 Å². The van der Waals surface area contributed by atoms with Gasteiger partial charge in [0.25, 0.3) is 0 Å². The number of rotatable bonds is 4. The molecular formula is C15H15BrClFN2. The molecule has 0 aromatic heterocycles. The van der Waals surface area contributed by atoms with Crippen LogP contribution in [0, 0.1) is 5.82 Å². The number of hydrogen-bond donors (Lipinski definition) is 1. The first kappa shape index (κ1) is 15.1. The average Bonchev–Trinajstić information content (AvgIpc) is 2.39. The van der Waals surface area contributed by atoms with Gasteiger partial charge in [-0.2, -0.15) is 0 Å². The molecule has 0 fully saturated rings. The van der Waals surface area contributed by atoms with Gasteiger partial charge in [-0.3, -0.25) is 0 Å². The van der Waals surface area contributed by atoms with Crippen molar-refractivity contribution in [3.8, 4) is 0 Å². The molecule has 0 heterocycles. The Balaban J connectivity index is 2.18. The third kappa shape index (κ3) is 3.44. The van der Waals surface area contributed by atoms with Crippen molar-refractivity contribution in [1.82, 2.24) is 0 Å². The van der Waals surface area contributed by atoms with Gasteiger partial charge in [0.2, 0.25) is 0 Å². The Kier molecular flexibility index (Phi) is 4.89. The van der Waals surface area contributed by atoms with E-state index in [4.69, 9.17) is 11.6 Å². The third-order valence-corrected chi connectivity index (χ3v) is 3.85. The molecule has 0 aliphatic rings. The maximum atomic E-state index is 13.5. The van der Waals surface area contributed by atoms with Crippen molar-refractivity contribution < 1.29 is 4.39 Å². The number of nitrogens with one attached hydrogen (secondary N) is 1. The molecule has 0 aliphatic heterocycles. The summed E-state index contributed by atoms with van der Waals surface area (Å²) in [5.74, 6) is -0.261. The Bertz CT molecular complexity index is 617. The van der Waals surface area contributed by atoms with Gasteiger partial charge in [0, 0.05) is 20.6 Å². The summed E-state index contributed by atoms with van der Waals surface area (Å²) in [6, 6.07) is 10.8. The van der Waals surface area contributed by atoms with E-state index in [0.717, 1.165) is 16.9 Å². The van der Waals surface area contributed by atoms with Crippen molar-refractivity contribution in [2.24, 2.45) is 0 Å². The predicted octanol–water partition coefficient (Wildman–Crippen LogP) is 4.92. The molecule has 0 spiro atoms. The summed E-state index contributed by atoms with van der Waals surface area (Å²) in [6.45, 7) is 0.533. The van der Waals surface area contributed by atoms with Crippen LogP contribution in [0.15, 0.2) is 40.9 Å². The van der Waals surface area contributed by atoms with Gasteiger partial charge in [-0.15, -0.1) is 0 Å². The highest BCUT2D eigenvalue weighted by atomic mass is 79.9. The maximum Gasteiger partial charge on any atom is 0.137 e. The quantitative estimate of drug-likeness (QED) is 0.835. The standard InChI is InChI=1S/C15H15BrClFN2/c1-20(2)15-12(17)4-3-5-14(15)19-9-10-6-7-11(16)13(18)8-10/h3-8,19H,9H2,1-2H3. The van der Waals surface area contributed by atoms with Crippen LogP contribution in [-0.2, 0) is 6.54 Å². The number of benzene rings is 2. The fraction of sp³-hybridized carbons (Fsp3) is 0.200. The lowest BCUT2D eigenvalue weighted by Crippen LogP contribution is -2.12. The summed E-state index contributed by atoms with van der Waals surface area (Å²) >= 11 is 9.35. The highest BCUT2D eigenvalue weighted by molar-refractivity contribution is 9.10. The second-order valence-corrected chi connectivity index (χ2v) is 5.89. The molecule has 20 heavy (non-hydrogen) atoms. The zero-order valence-electron chi connectivity index (χ0n) is 11.3. The summed E-state index contributed by atoms with van der Waals surface area (Å²) < 4.78 is 13.9. The van der Waals surface area contributed by atoms with E-state index in [-0.39, 0.29) is 5.82 Å². The number of halogens is 3. The fourth-order valence-corrected chi connectivity index (χ4v) is 2.55. The van der Waals surface area contributed by atoms with Gasteiger partial charge in [0.15, 0.2) is 0 Å². The van der Waals surface area contributed by atoms with Crippen molar-refractivity contribution in [2.75, 3.05) is 24.3 Å². The smallest absolute Gasteiger partial charge is 0.137 e. The Hall–Kier alpha value is -1.26. The topological polar surface area (TPSA) is 15.3 Å². The molecule has 0 saturated heterocycles. The van der Waals surface area contributed by atoms with Gasteiger partial charge in [-0.25, -0.2) is 4.39 Å². The van der Waals surface area contributed by atoms with Crippen LogP contribution in [0.25, 0.3) is 0 Å². The van der Waals surface area contributed by atoms with Gasteiger partial charge in [-0.05, 0) is 45.8 Å². The Morgan fingerprint density at radius 3 is 2.65 bits per heavy atom. The second kappa shape index (κ2) is 6.46. The van der Waals surface area contributed by atoms with Crippen molar-refractivity contribution in [3.05, 3.63) is 57.3 Å². The summed E-state index contributed by atoms with van der Waals surface area (Å²) in [6.07, 6.45) is 0. The molecule has 0 atom stereocenters. The van der Waals surface area contributed by atoms with E-state index in [1.54, 1.807) is 6.07 Å². The first-order valence-electron chi connectivity index (χ1n) is 6.12. The molecule has 2 aromatic rings. The lowest BCUT2D eigenvalue weighted by molar-refractivity contribution is 0.619. The molecule has 0 amide bonds. The molecule has 0 unspecified atom stereocenters. The molecule has 2 rings (SSSR count). The SMILES string of the molecule is CN(C)c1c(Cl)cccc1NCc1ccc(Br)c(F)c1. The lowest BCUT2D eigenvalue weighted by atomic mass is 10.2.